The van der Waals surface area contributed by atoms with E-state index in [0.29, 0.717) is 12.5 Å². The number of aryl methyl sites for hydroxylation is 2. The molecule has 1 heterocycles. The smallest absolute Gasteiger partial charge is 0.193 e. The van der Waals surface area contributed by atoms with E-state index in [-0.39, 0.29) is 24.0 Å². The molecule has 1 saturated heterocycles. The molecule has 1 aliphatic rings. The number of hydrogen-bond donors (Lipinski definition) is 1. The fraction of sp³-hybridized carbons (Fsp3) is 0.611. The molecule has 1 atom stereocenters. The summed E-state index contributed by atoms with van der Waals surface area (Å²) in [5.41, 5.74) is 2.45. The highest BCUT2D eigenvalue weighted by Gasteiger charge is 2.18. The Morgan fingerprint density at radius 2 is 2.04 bits per heavy atom. The highest BCUT2D eigenvalue weighted by atomic mass is 127. The van der Waals surface area contributed by atoms with Gasteiger partial charge in [0, 0.05) is 33.2 Å². The first kappa shape index (κ1) is 21.0. The lowest BCUT2D eigenvalue weighted by molar-refractivity contribution is 0.181. The molecule has 1 aromatic rings. The lowest BCUT2D eigenvalue weighted by Crippen LogP contribution is -2.42. The molecule has 0 bridgehead atoms. The van der Waals surface area contributed by atoms with Crippen molar-refractivity contribution in [3.63, 3.8) is 0 Å². The summed E-state index contributed by atoms with van der Waals surface area (Å²) in [7, 11) is 3.88. The van der Waals surface area contributed by atoms with Crippen molar-refractivity contribution in [2.75, 3.05) is 47.0 Å². The summed E-state index contributed by atoms with van der Waals surface area (Å²) in [6.07, 6.45) is 1.14. The topological polar surface area (TPSA) is 46.1 Å². The highest BCUT2D eigenvalue weighted by Crippen LogP contribution is 2.16. The van der Waals surface area contributed by atoms with Crippen LogP contribution in [0.1, 0.15) is 17.5 Å². The summed E-state index contributed by atoms with van der Waals surface area (Å²) in [6.45, 7) is 8.22. The average Bonchev–Trinajstić information content (AvgIpc) is 2.99. The van der Waals surface area contributed by atoms with Crippen LogP contribution in [0.25, 0.3) is 0 Å². The van der Waals surface area contributed by atoms with E-state index in [0.717, 1.165) is 44.4 Å². The van der Waals surface area contributed by atoms with Gasteiger partial charge >= 0.3 is 0 Å². The van der Waals surface area contributed by atoms with Crippen molar-refractivity contribution < 1.29 is 9.47 Å². The molecule has 136 valence electrons. The molecule has 0 amide bonds. The Labute approximate surface area is 162 Å². The van der Waals surface area contributed by atoms with Gasteiger partial charge < -0.3 is 19.7 Å². The Bertz CT molecular complexity index is 511. The number of halogens is 1. The second kappa shape index (κ2) is 10.8. The van der Waals surface area contributed by atoms with E-state index in [2.05, 4.69) is 54.3 Å². The van der Waals surface area contributed by atoms with Gasteiger partial charge in [-0.15, -0.1) is 24.0 Å². The van der Waals surface area contributed by atoms with Crippen molar-refractivity contribution in [3.05, 3.63) is 29.3 Å². The molecule has 0 spiro atoms. The van der Waals surface area contributed by atoms with Gasteiger partial charge in [-0.2, -0.15) is 0 Å². The van der Waals surface area contributed by atoms with Crippen LogP contribution >= 0.6 is 24.0 Å². The van der Waals surface area contributed by atoms with E-state index in [9.17, 15) is 0 Å². The quantitative estimate of drug-likeness (QED) is 0.315. The van der Waals surface area contributed by atoms with Gasteiger partial charge in [-0.05, 0) is 43.5 Å². The molecular formula is C18H30IN3O2. The molecule has 1 aliphatic heterocycles. The Balaban J connectivity index is 0.00000288. The molecule has 6 heteroatoms. The lowest BCUT2D eigenvalue weighted by Gasteiger charge is -2.24. The fourth-order valence-electron chi connectivity index (χ4n) is 2.93. The van der Waals surface area contributed by atoms with Gasteiger partial charge in [-0.1, -0.05) is 6.07 Å². The van der Waals surface area contributed by atoms with Gasteiger partial charge in [0.25, 0.3) is 0 Å². The van der Waals surface area contributed by atoms with Crippen LogP contribution in [0, 0.1) is 19.8 Å². The number of rotatable bonds is 6. The van der Waals surface area contributed by atoms with E-state index in [1.165, 1.54) is 11.1 Å². The number of nitrogens with one attached hydrogen (secondary N) is 1. The van der Waals surface area contributed by atoms with Crippen molar-refractivity contribution >= 4 is 29.9 Å². The molecule has 1 unspecified atom stereocenters. The fourth-order valence-corrected chi connectivity index (χ4v) is 2.93. The normalized spacial score (nSPS) is 17.3. The summed E-state index contributed by atoms with van der Waals surface area (Å²) < 4.78 is 11.3. The molecule has 2 rings (SSSR count). The van der Waals surface area contributed by atoms with Crippen molar-refractivity contribution in [1.82, 2.24) is 10.2 Å². The minimum absolute atomic E-state index is 0. The van der Waals surface area contributed by atoms with Gasteiger partial charge in [0.2, 0.25) is 0 Å². The largest absolute Gasteiger partial charge is 0.492 e. The summed E-state index contributed by atoms with van der Waals surface area (Å²) >= 11 is 0. The number of guanidine groups is 1. The first-order valence-corrected chi connectivity index (χ1v) is 8.29. The second-order valence-corrected chi connectivity index (χ2v) is 6.26. The Morgan fingerprint density at radius 3 is 2.62 bits per heavy atom. The lowest BCUT2D eigenvalue weighted by atomic mass is 10.1. The summed E-state index contributed by atoms with van der Waals surface area (Å²) in [5.74, 6) is 2.43. The zero-order valence-corrected chi connectivity index (χ0v) is 17.5. The van der Waals surface area contributed by atoms with Crippen LogP contribution in [0.15, 0.2) is 23.2 Å². The average molecular weight is 447 g/mol. The van der Waals surface area contributed by atoms with Crippen LogP contribution in [0.3, 0.4) is 0 Å². The Morgan fingerprint density at radius 1 is 1.33 bits per heavy atom. The monoisotopic (exact) mass is 447 g/mol. The second-order valence-electron chi connectivity index (χ2n) is 6.26. The van der Waals surface area contributed by atoms with E-state index < -0.39 is 0 Å². The number of benzene rings is 1. The molecule has 1 fully saturated rings. The summed E-state index contributed by atoms with van der Waals surface area (Å²) in [4.78, 5) is 6.50. The van der Waals surface area contributed by atoms with Crippen molar-refractivity contribution in [3.8, 4) is 5.75 Å². The van der Waals surface area contributed by atoms with Crippen molar-refractivity contribution in [2.24, 2.45) is 10.9 Å². The van der Waals surface area contributed by atoms with E-state index >= 15 is 0 Å². The maximum atomic E-state index is 5.82. The predicted molar refractivity (Wildman–Crippen MR) is 110 cm³/mol. The Kier molecular flexibility index (Phi) is 9.43. The Hall–Kier alpha value is -1.02. The first-order valence-electron chi connectivity index (χ1n) is 8.29. The zero-order valence-electron chi connectivity index (χ0n) is 15.2. The molecule has 1 aromatic carbocycles. The molecule has 0 radical (unpaired) electrons. The number of nitrogens with zero attached hydrogens (tertiary/aromatic N) is 2. The molecular weight excluding hydrogens is 417 g/mol. The maximum absolute atomic E-state index is 5.82. The minimum Gasteiger partial charge on any atom is -0.492 e. The van der Waals surface area contributed by atoms with Crippen molar-refractivity contribution in [2.45, 2.75) is 20.3 Å². The zero-order chi connectivity index (χ0) is 16.7. The number of hydrogen-bond acceptors (Lipinski definition) is 3. The van der Waals surface area contributed by atoms with Gasteiger partial charge in [0.05, 0.1) is 13.2 Å². The SMILES string of the molecule is CN=C(NCCOc1cc(C)cc(C)c1)N(C)CC1CCOC1.I. The predicted octanol–water partition coefficient (Wildman–Crippen LogP) is 2.84. The number of ether oxygens (including phenoxy) is 2. The molecule has 0 aromatic heterocycles. The van der Waals surface area contributed by atoms with Crippen LogP contribution in [0.4, 0.5) is 0 Å². The first-order chi connectivity index (χ1) is 11.1. The molecule has 24 heavy (non-hydrogen) atoms. The summed E-state index contributed by atoms with van der Waals surface area (Å²) in [5, 5.41) is 3.35. The molecule has 0 aliphatic carbocycles. The molecule has 5 nitrogen and oxygen atoms in total. The molecule has 1 N–H and O–H groups in total. The van der Waals surface area contributed by atoms with Gasteiger partial charge in [0.15, 0.2) is 5.96 Å². The van der Waals surface area contributed by atoms with Crippen LogP contribution in [0.2, 0.25) is 0 Å². The van der Waals surface area contributed by atoms with Crippen LogP contribution in [-0.2, 0) is 4.74 Å². The highest BCUT2D eigenvalue weighted by molar-refractivity contribution is 14.0. The third-order valence-electron chi connectivity index (χ3n) is 3.98. The van der Waals surface area contributed by atoms with Gasteiger partial charge in [-0.25, -0.2) is 0 Å². The third kappa shape index (κ3) is 6.84. The summed E-state index contributed by atoms with van der Waals surface area (Å²) in [6, 6.07) is 6.27. The van der Waals surface area contributed by atoms with Gasteiger partial charge in [-0.3, -0.25) is 4.99 Å². The maximum Gasteiger partial charge on any atom is 0.193 e. The van der Waals surface area contributed by atoms with E-state index in [1.807, 2.05) is 7.05 Å². The molecule has 0 saturated carbocycles. The standard InChI is InChI=1S/C18H29N3O2.HI/c1-14-9-15(2)11-17(10-14)23-8-6-20-18(19-3)21(4)12-16-5-7-22-13-16;/h9-11,16H,5-8,12-13H2,1-4H3,(H,19,20);1H. The number of aliphatic imine (C=N–C) groups is 1. The van der Waals surface area contributed by atoms with Crippen LogP contribution in [0.5, 0.6) is 5.75 Å². The minimum atomic E-state index is 0. The third-order valence-corrected chi connectivity index (χ3v) is 3.98. The van der Waals surface area contributed by atoms with Crippen LogP contribution in [-0.4, -0.2) is 57.9 Å². The van der Waals surface area contributed by atoms with E-state index in [1.54, 1.807) is 0 Å². The van der Waals surface area contributed by atoms with Gasteiger partial charge in [0.1, 0.15) is 12.4 Å². The van der Waals surface area contributed by atoms with Crippen LogP contribution < -0.4 is 10.1 Å². The van der Waals surface area contributed by atoms with E-state index in [4.69, 9.17) is 9.47 Å². The van der Waals surface area contributed by atoms with Crippen molar-refractivity contribution in [1.29, 1.82) is 0 Å².